The molecule has 2 fully saturated rings. The first-order valence-electron chi connectivity index (χ1n) is 10.0. The SMILES string of the molecule is C=C(c1ccccc1)C(NC(=O)OCC(Cl)(Cl)Cl)C(=O)N[C@H]1C(=O)N2[C@@H]1SC(C)(C)[C@@H]2C(=O)O. The molecule has 0 aliphatic carbocycles. The Labute approximate surface area is 215 Å². The number of alkyl carbamates (subject to hydrolysis) is 1. The van der Waals surface area contributed by atoms with Crippen LogP contribution in [0.2, 0.25) is 0 Å². The Morgan fingerprint density at radius 2 is 1.88 bits per heavy atom. The molecule has 0 saturated carbocycles. The number of carboxylic acids is 1. The third-order valence-corrected chi connectivity index (χ3v) is 7.26. The van der Waals surface area contributed by atoms with E-state index in [0.29, 0.717) is 5.56 Å². The van der Waals surface area contributed by atoms with Gasteiger partial charge in [0, 0.05) is 4.75 Å². The van der Waals surface area contributed by atoms with Gasteiger partial charge in [0.15, 0.2) is 0 Å². The van der Waals surface area contributed by atoms with Gasteiger partial charge < -0.3 is 25.4 Å². The number of carbonyl (C=O) groups is 4. The molecule has 1 aromatic rings. The van der Waals surface area contributed by atoms with Crippen molar-refractivity contribution in [2.75, 3.05) is 6.61 Å². The van der Waals surface area contributed by atoms with E-state index in [2.05, 4.69) is 17.2 Å². The standard InChI is InChI=1S/C21H22Cl3N3O6S/c1-10(11-7-5-4-6-8-11)12(26-19(32)33-9-21(22,23)24)15(28)25-13-16(29)27-14(18(30)31)20(2,3)34-17(13)27/h4-8,12-14,17H,1,9H2,2-3H3,(H,25,28)(H,26,32)(H,30,31)/t12?,13-,14-,17+/m0/s1. The molecule has 1 unspecified atom stereocenters. The zero-order chi connectivity index (χ0) is 25.4. The highest BCUT2D eigenvalue weighted by Gasteiger charge is 2.64. The van der Waals surface area contributed by atoms with E-state index in [1.165, 1.54) is 16.7 Å². The van der Waals surface area contributed by atoms with Crippen LogP contribution in [0, 0.1) is 0 Å². The molecule has 0 radical (unpaired) electrons. The Morgan fingerprint density at radius 3 is 2.44 bits per heavy atom. The van der Waals surface area contributed by atoms with Gasteiger partial charge in [0.1, 0.15) is 30.1 Å². The number of fused-ring (bicyclic) bond motifs is 1. The van der Waals surface area contributed by atoms with E-state index in [1.807, 2.05) is 0 Å². The van der Waals surface area contributed by atoms with E-state index in [1.54, 1.807) is 44.2 Å². The second kappa shape index (κ2) is 9.85. The maximum Gasteiger partial charge on any atom is 0.408 e. The van der Waals surface area contributed by atoms with E-state index in [9.17, 15) is 24.3 Å². The fraction of sp³-hybridized carbons (Fsp3) is 0.429. The largest absolute Gasteiger partial charge is 0.480 e. The molecule has 9 nitrogen and oxygen atoms in total. The highest BCUT2D eigenvalue weighted by molar-refractivity contribution is 8.01. The smallest absolute Gasteiger partial charge is 0.408 e. The zero-order valence-corrected chi connectivity index (χ0v) is 21.2. The number of carboxylic acid groups (broad SMARTS) is 1. The number of ether oxygens (including phenoxy) is 1. The summed E-state index contributed by atoms with van der Waals surface area (Å²) in [5.74, 6) is -2.37. The first-order valence-corrected chi connectivity index (χ1v) is 12.0. The Kier molecular flexibility index (Phi) is 7.66. The summed E-state index contributed by atoms with van der Waals surface area (Å²) in [6, 6.07) is 5.32. The number of hydrogen-bond donors (Lipinski definition) is 3. The fourth-order valence-corrected chi connectivity index (χ4v) is 5.61. The van der Waals surface area contributed by atoms with Crippen LogP contribution < -0.4 is 10.6 Å². The number of hydrogen-bond acceptors (Lipinski definition) is 6. The Morgan fingerprint density at radius 1 is 1.26 bits per heavy atom. The van der Waals surface area contributed by atoms with Crippen molar-refractivity contribution in [2.24, 2.45) is 0 Å². The predicted octanol–water partition coefficient (Wildman–Crippen LogP) is 2.80. The van der Waals surface area contributed by atoms with Gasteiger partial charge in [0.2, 0.25) is 15.6 Å². The molecule has 13 heteroatoms. The number of amides is 3. The number of alkyl halides is 3. The van der Waals surface area contributed by atoms with Crippen LogP contribution in [0.4, 0.5) is 4.79 Å². The molecule has 2 heterocycles. The number of benzene rings is 1. The molecule has 1 aromatic carbocycles. The van der Waals surface area contributed by atoms with Crippen molar-refractivity contribution >= 4 is 76.0 Å². The number of halogens is 3. The summed E-state index contributed by atoms with van der Waals surface area (Å²) >= 11 is 18.1. The normalized spacial score (nSPS) is 23.9. The summed E-state index contributed by atoms with van der Waals surface area (Å²) in [6.07, 6.45) is -1.03. The van der Waals surface area contributed by atoms with Gasteiger partial charge in [-0.25, -0.2) is 9.59 Å². The highest BCUT2D eigenvalue weighted by atomic mass is 35.6. The van der Waals surface area contributed by atoms with Gasteiger partial charge in [-0.05, 0) is 25.0 Å². The molecule has 3 amide bonds. The van der Waals surface area contributed by atoms with Crippen LogP contribution >= 0.6 is 46.6 Å². The lowest BCUT2D eigenvalue weighted by molar-refractivity contribution is -0.161. The zero-order valence-electron chi connectivity index (χ0n) is 18.1. The molecule has 3 N–H and O–H groups in total. The van der Waals surface area contributed by atoms with Crippen molar-refractivity contribution in [2.45, 2.75) is 45.9 Å². The summed E-state index contributed by atoms with van der Waals surface area (Å²) < 4.78 is 2.27. The monoisotopic (exact) mass is 549 g/mol. The summed E-state index contributed by atoms with van der Waals surface area (Å²) in [7, 11) is 0. The molecule has 0 bridgehead atoms. The van der Waals surface area contributed by atoms with Crippen LogP contribution in [0.5, 0.6) is 0 Å². The predicted molar refractivity (Wildman–Crippen MR) is 130 cm³/mol. The van der Waals surface area contributed by atoms with Crippen LogP contribution in [-0.4, -0.2) is 72.5 Å². The number of rotatable bonds is 7. The first-order chi connectivity index (χ1) is 15.7. The maximum absolute atomic E-state index is 13.2. The lowest BCUT2D eigenvalue weighted by Gasteiger charge is -2.44. The van der Waals surface area contributed by atoms with Crippen molar-refractivity contribution in [3.8, 4) is 0 Å². The van der Waals surface area contributed by atoms with Crippen LogP contribution in [0.1, 0.15) is 19.4 Å². The van der Waals surface area contributed by atoms with Gasteiger partial charge in [0.25, 0.3) is 0 Å². The van der Waals surface area contributed by atoms with Gasteiger partial charge in [0.05, 0.1) is 0 Å². The number of thioether (sulfide) groups is 1. The third kappa shape index (κ3) is 5.56. The second-order valence-electron chi connectivity index (χ2n) is 8.24. The molecule has 3 rings (SSSR count). The minimum atomic E-state index is -1.85. The van der Waals surface area contributed by atoms with Gasteiger partial charge in [-0.2, -0.15) is 0 Å². The van der Waals surface area contributed by atoms with Crippen molar-refractivity contribution in [3.05, 3.63) is 42.5 Å². The molecule has 2 saturated heterocycles. The summed E-state index contributed by atoms with van der Waals surface area (Å²) in [5.41, 5.74) is 0.795. The van der Waals surface area contributed by atoms with E-state index in [-0.39, 0.29) is 5.57 Å². The fourth-order valence-electron chi connectivity index (χ4n) is 3.82. The van der Waals surface area contributed by atoms with Crippen molar-refractivity contribution in [1.82, 2.24) is 15.5 Å². The van der Waals surface area contributed by atoms with Crippen molar-refractivity contribution in [3.63, 3.8) is 0 Å². The number of nitrogens with zero attached hydrogens (tertiary/aromatic N) is 1. The molecule has 2 aliphatic rings. The molecular weight excluding hydrogens is 529 g/mol. The van der Waals surface area contributed by atoms with Gasteiger partial charge in [-0.15, -0.1) is 11.8 Å². The van der Waals surface area contributed by atoms with Crippen LogP contribution in [0.15, 0.2) is 36.9 Å². The van der Waals surface area contributed by atoms with Crippen molar-refractivity contribution in [1.29, 1.82) is 0 Å². The molecule has 184 valence electrons. The van der Waals surface area contributed by atoms with Gasteiger partial charge in [-0.1, -0.05) is 71.7 Å². The first kappa shape index (κ1) is 26.5. The van der Waals surface area contributed by atoms with Gasteiger partial charge >= 0.3 is 12.1 Å². The van der Waals surface area contributed by atoms with E-state index in [4.69, 9.17) is 39.5 Å². The average molecular weight is 551 g/mol. The van der Waals surface area contributed by atoms with E-state index < -0.39 is 62.5 Å². The lowest BCUT2D eigenvalue weighted by atomic mass is 9.95. The summed E-state index contributed by atoms with van der Waals surface area (Å²) in [4.78, 5) is 51.2. The number of β-lactam (4-membered cyclic amide) rings is 1. The van der Waals surface area contributed by atoms with Gasteiger partial charge in [-0.3, -0.25) is 9.59 Å². The van der Waals surface area contributed by atoms with E-state index >= 15 is 0 Å². The molecular formula is C21H22Cl3N3O6S. The average Bonchev–Trinajstić information content (AvgIpc) is 3.01. The summed E-state index contributed by atoms with van der Waals surface area (Å²) in [6.45, 7) is 6.81. The number of carbonyl (C=O) groups excluding carboxylic acids is 3. The van der Waals surface area contributed by atoms with E-state index in [0.717, 1.165) is 0 Å². The van der Waals surface area contributed by atoms with Crippen LogP contribution in [-0.2, 0) is 19.1 Å². The third-order valence-electron chi connectivity index (χ3n) is 5.36. The molecule has 0 spiro atoms. The Bertz CT molecular complexity index is 1020. The molecule has 2 aliphatic heterocycles. The topological polar surface area (TPSA) is 125 Å². The van der Waals surface area contributed by atoms with Crippen LogP contribution in [0.25, 0.3) is 5.57 Å². The lowest BCUT2D eigenvalue weighted by Crippen LogP contribution is -2.71. The molecule has 34 heavy (non-hydrogen) atoms. The number of nitrogens with one attached hydrogen (secondary N) is 2. The maximum atomic E-state index is 13.2. The number of aliphatic carboxylic acids is 1. The quantitative estimate of drug-likeness (QED) is 0.352. The van der Waals surface area contributed by atoms with Crippen molar-refractivity contribution < 1.29 is 29.0 Å². The Hall–Kier alpha value is -2.14. The molecule has 4 atom stereocenters. The summed E-state index contributed by atoms with van der Waals surface area (Å²) in [5, 5.41) is 14.0. The second-order valence-corrected chi connectivity index (χ2v) is 12.5. The minimum Gasteiger partial charge on any atom is -0.480 e. The van der Waals surface area contributed by atoms with Crippen LogP contribution in [0.3, 0.4) is 0 Å². The minimum absolute atomic E-state index is 0.232. The highest BCUT2D eigenvalue weighted by Crippen LogP contribution is 2.50. The molecule has 0 aromatic heterocycles. The Balaban J connectivity index is 1.77.